The average Bonchev–Trinajstić information content (AvgIpc) is 2.90. The number of fused-ring (bicyclic) bond motifs is 1. The smallest absolute Gasteiger partial charge is 0.335 e. The van der Waals surface area contributed by atoms with Crippen LogP contribution in [0.1, 0.15) is 55.4 Å². The second kappa shape index (κ2) is 5.27. The summed E-state index contributed by atoms with van der Waals surface area (Å²) in [5.74, 6) is -0.193. The summed E-state index contributed by atoms with van der Waals surface area (Å²) in [7, 11) is 0. The Morgan fingerprint density at radius 3 is 2.80 bits per heavy atom. The molecule has 1 aliphatic rings. The molecule has 1 unspecified atom stereocenters. The highest BCUT2D eigenvalue weighted by Crippen LogP contribution is 2.34. The molecule has 1 N–H and O–H groups in total. The number of aromatic nitrogens is 2. The van der Waals surface area contributed by atoms with E-state index in [9.17, 15) is 4.79 Å². The molecule has 0 amide bonds. The van der Waals surface area contributed by atoms with Crippen LogP contribution in [-0.2, 0) is 0 Å². The van der Waals surface area contributed by atoms with Crippen LogP contribution in [0.15, 0.2) is 24.5 Å². The Morgan fingerprint density at radius 1 is 1.35 bits per heavy atom. The lowest BCUT2D eigenvalue weighted by Crippen LogP contribution is -2.18. The van der Waals surface area contributed by atoms with Crippen molar-refractivity contribution in [2.45, 2.75) is 45.1 Å². The van der Waals surface area contributed by atoms with E-state index >= 15 is 0 Å². The molecule has 4 heteroatoms. The van der Waals surface area contributed by atoms with Crippen LogP contribution in [0.2, 0.25) is 0 Å². The van der Waals surface area contributed by atoms with Crippen molar-refractivity contribution >= 4 is 17.0 Å². The van der Waals surface area contributed by atoms with Gasteiger partial charge in [0.1, 0.15) is 0 Å². The number of hydrogen-bond acceptors (Lipinski definition) is 2. The third kappa shape index (κ3) is 2.30. The van der Waals surface area contributed by atoms with Crippen molar-refractivity contribution in [1.82, 2.24) is 9.55 Å². The van der Waals surface area contributed by atoms with E-state index in [2.05, 4.69) is 16.5 Å². The predicted molar refractivity (Wildman–Crippen MR) is 78.0 cm³/mol. The first-order valence-electron chi connectivity index (χ1n) is 7.36. The van der Waals surface area contributed by atoms with Gasteiger partial charge in [-0.05, 0) is 43.9 Å². The van der Waals surface area contributed by atoms with E-state index in [1.165, 1.54) is 32.1 Å². The van der Waals surface area contributed by atoms with Gasteiger partial charge >= 0.3 is 5.97 Å². The van der Waals surface area contributed by atoms with Gasteiger partial charge in [0.05, 0.1) is 22.9 Å². The Morgan fingerprint density at radius 2 is 2.10 bits per heavy atom. The number of carboxylic acids is 1. The van der Waals surface area contributed by atoms with E-state index < -0.39 is 5.97 Å². The van der Waals surface area contributed by atoms with Crippen molar-refractivity contribution < 1.29 is 9.90 Å². The minimum Gasteiger partial charge on any atom is -0.478 e. The highest BCUT2D eigenvalue weighted by atomic mass is 16.4. The van der Waals surface area contributed by atoms with E-state index in [0.717, 1.165) is 11.0 Å². The number of carboxylic acid groups (broad SMARTS) is 1. The molecule has 1 aromatic carbocycles. The summed E-state index contributed by atoms with van der Waals surface area (Å²) >= 11 is 0. The monoisotopic (exact) mass is 272 g/mol. The lowest BCUT2D eigenvalue weighted by Gasteiger charge is -2.28. The molecule has 1 saturated carbocycles. The number of hydrogen-bond donors (Lipinski definition) is 1. The fourth-order valence-electron chi connectivity index (χ4n) is 3.33. The summed E-state index contributed by atoms with van der Waals surface area (Å²) in [5.41, 5.74) is 2.11. The van der Waals surface area contributed by atoms with Crippen molar-refractivity contribution in [2.24, 2.45) is 5.92 Å². The molecule has 1 aromatic heterocycles. The van der Waals surface area contributed by atoms with Gasteiger partial charge in [-0.2, -0.15) is 0 Å². The van der Waals surface area contributed by atoms with Crippen LogP contribution in [0, 0.1) is 5.92 Å². The number of rotatable bonds is 3. The Labute approximate surface area is 118 Å². The maximum absolute atomic E-state index is 11.0. The largest absolute Gasteiger partial charge is 0.478 e. The van der Waals surface area contributed by atoms with Gasteiger partial charge in [0.2, 0.25) is 0 Å². The molecule has 0 saturated heterocycles. The van der Waals surface area contributed by atoms with E-state index in [1.807, 2.05) is 12.4 Å². The Balaban J connectivity index is 1.93. The number of imidazole rings is 1. The minimum atomic E-state index is -0.901. The van der Waals surface area contributed by atoms with Gasteiger partial charge in [-0.15, -0.1) is 0 Å². The third-order valence-corrected chi connectivity index (χ3v) is 4.59. The van der Waals surface area contributed by atoms with Gasteiger partial charge < -0.3 is 9.67 Å². The Kier molecular flexibility index (Phi) is 3.47. The topological polar surface area (TPSA) is 55.1 Å². The molecule has 2 aromatic rings. The molecule has 0 spiro atoms. The van der Waals surface area contributed by atoms with Crippen LogP contribution in [-0.4, -0.2) is 20.6 Å². The van der Waals surface area contributed by atoms with Crippen LogP contribution in [0.3, 0.4) is 0 Å². The van der Waals surface area contributed by atoms with Crippen molar-refractivity contribution in [3.8, 4) is 0 Å². The molecule has 106 valence electrons. The zero-order valence-electron chi connectivity index (χ0n) is 11.7. The molecule has 1 heterocycles. The summed E-state index contributed by atoms with van der Waals surface area (Å²) in [6.07, 6.45) is 8.43. The maximum atomic E-state index is 11.0. The molecule has 1 fully saturated rings. The first kappa shape index (κ1) is 13.2. The molecule has 0 radical (unpaired) electrons. The van der Waals surface area contributed by atoms with Gasteiger partial charge in [-0.25, -0.2) is 9.78 Å². The van der Waals surface area contributed by atoms with E-state index in [-0.39, 0.29) is 0 Å². The van der Waals surface area contributed by atoms with Gasteiger partial charge in [-0.1, -0.05) is 19.3 Å². The maximum Gasteiger partial charge on any atom is 0.335 e. The fraction of sp³-hybridized carbons (Fsp3) is 0.500. The van der Waals surface area contributed by atoms with Crippen LogP contribution >= 0.6 is 0 Å². The molecule has 1 aliphatic carbocycles. The molecule has 20 heavy (non-hydrogen) atoms. The van der Waals surface area contributed by atoms with Gasteiger partial charge in [0, 0.05) is 6.04 Å². The molecule has 4 nitrogen and oxygen atoms in total. The normalized spacial score (nSPS) is 18.2. The zero-order valence-corrected chi connectivity index (χ0v) is 11.7. The highest BCUT2D eigenvalue weighted by Gasteiger charge is 2.22. The number of carbonyl (C=O) groups is 1. The van der Waals surface area contributed by atoms with Crippen LogP contribution < -0.4 is 0 Å². The highest BCUT2D eigenvalue weighted by molar-refractivity contribution is 5.92. The molecule has 3 rings (SSSR count). The quantitative estimate of drug-likeness (QED) is 0.922. The first-order valence-corrected chi connectivity index (χ1v) is 7.36. The third-order valence-electron chi connectivity index (χ3n) is 4.59. The number of nitrogens with zero attached hydrogens (tertiary/aromatic N) is 2. The van der Waals surface area contributed by atoms with Gasteiger partial charge in [-0.3, -0.25) is 0 Å². The van der Waals surface area contributed by atoms with E-state index in [0.29, 0.717) is 17.5 Å². The van der Waals surface area contributed by atoms with Crippen LogP contribution in [0.4, 0.5) is 0 Å². The molecule has 0 aliphatic heterocycles. The van der Waals surface area contributed by atoms with Crippen molar-refractivity contribution in [2.75, 3.05) is 0 Å². The zero-order chi connectivity index (χ0) is 14.1. The Bertz CT molecular complexity index is 626. The molecule has 1 atom stereocenters. The average molecular weight is 272 g/mol. The van der Waals surface area contributed by atoms with E-state index in [1.54, 1.807) is 12.1 Å². The van der Waals surface area contributed by atoms with Crippen molar-refractivity contribution in [1.29, 1.82) is 0 Å². The first-order chi connectivity index (χ1) is 9.66. The second-order valence-electron chi connectivity index (χ2n) is 5.80. The molecule has 0 bridgehead atoms. The summed E-state index contributed by atoms with van der Waals surface area (Å²) in [6.45, 7) is 2.25. The standard InChI is InChI=1S/C16H20N2O2/c1-11(12-5-3-2-4-6-12)18-10-17-14-9-13(16(19)20)7-8-15(14)18/h7-12H,2-6H2,1H3,(H,19,20). The summed E-state index contributed by atoms with van der Waals surface area (Å²) in [6, 6.07) is 5.62. The summed E-state index contributed by atoms with van der Waals surface area (Å²) < 4.78 is 2.21. The lowest BCUT2D eigenvalue weighted by atomic mass is 9.84. The summed E-state index contributed by atoms with van der Waals surface area (Å²) in [4.78, 5) is 15.4. The summed E-state index contributed by atoms with van der Waals surface area (Å²) in [5, 5.41) is 9.03. The SMILES string of the molecule is CC(C1CCCCC1)n1cnc2cc(C(=O)O)ccc21. The number of aromatic carboxylic acids is 1. The number of benzene rings is 1. The lowest BCUT2D eigenvalue weighted by molar-refractivity contribution is 0.0697. The minimum absolute atomic E-state index is 0.299. The second-order valence-corrected chi connectivity index (χ2v) is 5.80. The predicted octanol–water partition coefficient (Wildman–Crippen LogP) is 3.88. The van der Waals surface area contributed by atoms with E-state index in [4.69, 9.17) is 5.11 Å². The van der Waals surface area contributed by atoms with Crippen molar-refractivity contribution in [3.63, 3.8) is 0 Å². The van der Waals surface area contributed by atoms with Crippen LogP contribution in [0.25, 0.3) is 11.0 Å². The molecular weight excluding hydrogens is 252 g/mol. The van der Waals surface area contributed by atoms with Gasteiger partial charge in [0.15, 0.2) is 0 Å². The van der Waals surface area contributed by atoms with Crippen molar-refractivity contribution in [3.05, 3.63) is 30.1 Å². The van der Waals surface area contributed by atoms with Gasteiger partial charge in [0.25, 0.3) is 0 Å². The van der Waals surface area contributed by atoms with Crippen LogP contribution in [0.5, 0.6) is 0 Å². The molecular formula is C16H20N2O2. The Hall–Kier alpha value is -1.84. The fourth-order valence-corrected chi connectivity index (χ4v) is 3.33.